The molecule has 19 heavy (non-hydrogen) atoms. The van der Waals surface area contributed by atoms with E-state index in [4.69, 9.17) is 10.5 Å². The van der Waals surface area contributed by atoms with Crippen molar-refractivity contribution in [3.63, 3.8) is 0 Å². The van der Waals surface area contributed by atoms with Gasteiger partial charge in [0.05, 0.1) is 7.11 Å². The lowest BCUT2D eigenvalue weighted by Crippen LogP contribution is -2.26. The third kappa shape index (κ3) is 2.06. The Morgan fingerprint density at radius 3 is 2.58 bits per heavy atom. The maximum atomic E-state index is 6.60. The number of rotatable bonds is 3. The smallest absolute Gasteiger partial charge is 0.126 e. The highest BCUT2D eigenvalue weighted by atomic mass is 16.5. The maximum Gasteiger partial charge on any atom is 0.126 e. The van der Waals surface area contributed by atoms with E-state index in [0.717, 1.165) is 17.6 Å². The number of hydrogen-bond acceptors (Lipinski definition) is 2. The molecule has 0 spiro atoms. The highest BCUT2D eigenvalue weighted by Crippen LogP contribution is 2.52. The minimum Gasteiger partial charge on any atom is -0.496 e. The topological polar surface area (TPSA) is 35.2 Å². The van der Waals surface area contributed by atoms with Crippen LogP contribution >= 0.6 is 0 Å². The van der Waals surface area contributed by atoms with Crippen LogP contribution in [0.3, 0.4) is 0 Å². The second-order valence-electron chi connectivity index (χ2n) is 6.49. The van der Waals surface area contributed by atoms with Crippen molar-refractivity contribution < 1.29 is 4.74 Å². The third-order valence-corrected chi connectivity index (χ3v) is 5.52. The molecular weight excluding hydrogens is 234 g/mol. The summed E-state index contributed by atoms with van der Waals surface area (Å²) in [5.41, 5.74) is 10.3. The quantitative estimate of drug-likeness (QED) is 0.897. The van der Waals surface area contributed by atoms with Crippen LogP contribution in [0.2, 0.25) is 0 Å². The standard InChI is InChI=1S/C17H25NO/c1-10-4-7-14(17(19-3)11(10)2)16(18)15-9-12-5-6-13(15)8-12/h4,7,12-13,15-16H,5-6,8-9,18H2,1-3H3. The Morgan fingerprint density at radius 2 is 2.00 bits per heavy atom. The molecule has 2 N–H and O–H groups in total. The Labute approximate surface area is 116 Å². The first-order chi connectivity index (χ1) is 9.11. The van der Waals surface area contributed by atoms with E-state index in [2.05, 4.69) is 26.0 Å². The lowest BCUT2D eigenvalue weighted by atomic mass is 9.80. The molecule has 0 heterocycles. The van der Waals surface area contributed by atoms with Crippen LogP contribution in [-0.2, 0) is 0 Å². The zero-order valence-electron chi connectivity index (χ0n) is 12.3. The molecule has 2 bridgehead atoms. The molecule has 1 aromatic carbocycles. The van der Waals surface area contributed by atoms with Gasteiger partial charge in [0, 0.05) is 11.6 Å². The molecule has 0 aliphatic heterocycles. The Morgan fingerprint density at radius 1 is 1.21 bits per heavy atom. The van der Waals surface area contributed by atoms with Gasteiger partial charge in [-0.25, -0.2) is 0 Å². The Balaban J connectivity index is 1.91. The van der Waals surface area contributed by atoms with Gasteiger partial charge in [-0.2, -0.15) is 0 Å². The zero-order chi connectivity index (χ0) is 13.6. The predicted molar refractivity (Wildman–Crippen MR) is 78.3 cm³/mol. The fraction of sp³-hybridized carbons (Fsp3) is 0.647. The molecule has 4 atom stereocenters. The first-order valence-corrected chi connectivity index (χ1v) is 7.51. The summed E-state index contributed by atoms with van der Waals surface area (Å²) in [6, 6.07) is 4.50. The highest BCUT2D eigenvalue weighted by molar-refractivity contribution is 5.47. The maximum absolute atomic E-state index is 6.60. The lowest BCUT2D eigenvalue weighted by Gasteiger charge is -2.29. The first kappa shape index (κ1) is 13.0. The summed E-state index contributed by atoms with van der Waals surface area (Å²) < 4.78 is 5.64. The van der Waals surface area contributed by atoms with Crippen molar-refractivity contribution in [1.29, 1.82) is 0 Å². The molecule has 104 valence electrons. The predicted octanol–water partition coefficient (Wildman–Crippen LogP) is 3.75. The van der Waals surface area contributed by atoms with E-state index in [1.807, 2.05) is 0 Å². The van der Waals surface area contributed by atoms with Crippen LogP contribution in [0.5, 0.6) is 5.75 Å². The fourth-order valence-corrected chi connectivity index (χ4v) is 4.31. The van der Waals surface area contributed by atoms with Crippen molar-refractivity contribution in [1.82, 2.24) is 0 Å². The largest absolute Gasteiger partial charge is 0.496 e. The van der Waals surface area contributed by atoms with Crippen LogP contribution in [-0.4, -0.2) is 7.11 Å². The van der Waals surface area contributed by atoms with Gasteiger partial charge in [-0.3, -0.25) is 0 Å². The van der Waals surface area contributed by atoms with E-state index in [0.29, 0.717) is 5.92 Å². The van der Waals surface area contributed by atoms with E-state index in [1.54, 1.807) is 7.11 Å². The number of aryl methyl sites for hydroxylation is 1. The van der Waals surface area contributed by atoms with Gasteiger partial charge >= 0.3 is 0 Å². The first-order valence-electron chi connectivity index (χ1n) is 7.51. The third-order valence-electron chi connectivity index (χ3n) is 5.52. The van der Waals surface area contributed by atoms with E-state index in [1.165, 1.54) is 42.4 Å². The average Bonchev–Trinajstić information content (AvgIpc) is 3.03. The van der Waals surface area contributed by atoms with E-state index in [-0.39, 0.29) is 6.04 Å². The molecule has 0 amide bonds. The van der Waals surface area contributed by atoms with Crippen LogP contribution in [0.1, 0.15) is 48.4 Å². The van der Waals surface area contributed by atoms with E-state index in [9.17, 15) is 0 Å². The Hall–Kier alpha value is -1.02. The lowest BCUT2D eigenvalue weighted by molar-refractivity contribution is 0.278. The molecule has 2 aliphatic carbocycles. The number of methoxy groups -OCH3 is 1. The highest BCUT2D eigenvalue weighted by Gasteiger charge is 2.43. The summed E-state index contributed by atoms with van der Waals surface area (Å²) in [6.45, 7) is 4.26. The summed E-state index contributed by atoms with van der Waals surface area (Å²) in [6.07, 6.45) is 5.54. The van der Waals surface area contributed by atoms with Gasteiger partial charge in [-0.15, -0.1) is 0 Å². The van der Waals surface area contributed by atoms with Crippen molar-refractivity contribution in [2.24, 2.45) is 23.5 Å². The molecule has 0 radical (unpaired) electrons. The minimum absolute atomic E-state index is 0.143. The zero-order valence-corrected chi connectivity index (χ0v) is 12.3. The van der Waals surface area contributed by atoms with Crippen molar-refractivity contribution in [3.05, 3.63) is 28.8 Å². The minimum atomic E-state index is 0.143. The second-order valence-corrected chi connectivity index (χ2v) is 6.49. The molecule has 2 nitrogen and oxygen atoms in total. The molecule has 2 saturated carbocycles. The molecule has 4 unspecified atom stereocenters. The summed E-state index contributed by atoms with van der Waals surface area (Å²) in [4.78, 5) is 0. The monoisotopic (exact) mass is 259 g/mol. The van der Waals surface area contributed by atoms with Gasteiger partial charge in [-0.05, 0) is 62.0 Å². The van der Waals surface area contributed by atoms with Crippen LogP contribution in [0.15, 0.2) is 12.1 Å². The van der Waals surface area contributed by atoms with Crippen LogP contribution < -0.4 is 10.5 Å². The number of ether oxygens (including phenoxy) is 1. The van der Waals surface area contributed by atoms with Gasteiger partial charge in [0.25, 0.3) is 0 Å². The van der Waals surface area contributed by atoms with E-state index >= 15 is 0 Å². The van der Waals surface area contributed by atoms with Crippen LogP contribution in [0.4, 0.5) is 0 Å². The Bertz CT molecular complexity index is 482. The summed E-state index contributed by atoms with van der Waals surface area (Å²) in [7, 11) is 1.76. The van der Waals surface area contributed by atoms with Gasteiger partial charge in [-0.1, -0.05) is 18.6 Å². The van der Waals surface area contributed by atoms with Gasteiger partial charge in [0.2, 0.25) is 0 Å². The molecule has 2 aliphatic rings. The molecule has 1 aromatic rings. The Kier molecular flexibility index (Phi) is 3.30. The number of hydrogen-bond donors (Lipinski definition) is 1. The molecular formula is C17H25NO. The molecule has 2 fully saturated rings. The molecule has 2 heteroatoms. The van der Waals surface area contributed by atoms with E-state index < -0.39 is 0 Å². The fourth-order valence-electron chi connectivity index (χ4n) is 4.31. The second kappa shape index (κ2) is 4.82. The van der Waals surface area contributed by atoms with Crippen LogP contribution in [0, 0.1) is 31.6 Å². The van der Waals surface area contributed by atoms with Crippen molar-refractivity contribution >= 4 is 0 Å². The van der Waals surface area contributed by atoms with Gasteiger partial charge < -0.3 is 10.5 Å². The SMILES string of the molecule is COc1c(C(N)C2CC3CCC2C3)ccc(C)c1C. The molecule has 0 aromatic heterocycles. The normalized spacial score (nSPS) is 30.6. The van der Waals surface area contributed by atoms with Crippen LogP contribution in [0.25, 0.3) is 0 Å². The number of fused-ring (bicyclic) bond motifs is 2. The van der Waals surface area contributed by atoms with Crippen molar-refractivity contribution in [2.45, 2.75) is 45.6 Å². The summed E-state index contributed by atoms with van der Waals surface area (Å²) in [5, 5.41) is 0. The summed E-state index contributed by atoms with van der Waals surface area (Å²) >= 11 is 0. The van der Waals surface area contributed by atoms with Crippen molar-refractivity contribution in [2.75, 3.05) is 7.11 Å². The van der Waals surface area contributed by atoms with Crippen molar-refractivity contribution in [3.8, 4) is 5.75 Å². The molecule has 0 saturated heterocycles. The average molecular weight is 259 g/mol. The molecule has 3 rings (SSSR count). The summed E-state index contributed by atoms with van der Waals surface area (Å²) in [5.74, 6) is 3.47. The van der Waals surface area contributed by atoms with Gasteiger partial charge in [0.15, 0.2) is 0 Å². The van der Waals surface area contributed by atoms with Gasteiger partial charge in [0.1, 0.15) is 5.75 Å². The number of nitrogens with two attached hydrogens (primary N) is 1. The number of benzene rings is 1.